The van der Waals surface area contributed by atoms with Gasteiger partial charge in [-0.2, -0.15) is 0 Å². The summed E-state index contributed by atoms with van der Waals surface area (Å²) in [6.07, 6.45) is 0.504. The molecule has 1 aliphatic rings. The SMILES string of the molecule is COC(=O)c1cccc(NC(=O)C2CC2C(=O)Nc2ccc(N(C)C)cc2)c1. The molecule has 0 radical (unpaired) electrons. The first-order valence-corrected chi connectivity index (χ1v) is 8.96. The first-order valence-electron chi connectivity index (χ1n) is 8.96. The second-order valence-corrected chi connectivity index (χ2v) is 6.94. The fraction of sp³-hybridized carbons (Fsp3) is 0.286. The number of amides is 2. The number of anilines is 3. The molecule has 1 fully saturated rings. The number of nitrogens with zero attached hydrogens (tertiary/aromatic N) is 1. The predicted molar refractivity (Wildman–Crippen MR) is 107 cm³/mol. The molecule has 2 amide bonds. The van der Waals surface area contributed by atoms with Crippen LogP contribution in [0.25, 0.3) is 0 Å². The molecule has 2 aromatic rings. The Morgan fingerprint density at radius 2 is 1.54 bits per heavy atom. The lowest BCUT2D eigenvalue weighted by Gasteiger charge is -2.13. The lowest BCUT2D eigenvalue weighted by Crippen LogP contribution is -2.20. The Balaban J connectivity index is 1.55. The zero-order valence-corrected chi connectivity index (χ0v) is 16.1. The number of hydrogen-bond acceptors (Lipinski definition) is 5. The molecule has 7 heteroatoms. The summed E-state index contributed by atoms with van der Waals surface area (Å²) in [5.74, 6) is -1.59. The number of hydrogen-bond donors (Lipinski definition) is 2. The quantitative estimate of drug-likeness (QED) is 0.752. The number of rotatable bonds is 6. The summed E-state index contributed by atoms with van der Waals surface area (Å²) in [6, 6.07) is 14.0. The van der Waals surface area contributed by atoms with E-state index in [0.717, 1.165) is 5.69 Å². The lowest BCUT2D eigenvalue weighted by molar-refractivity contribution is -0.122. The van der Waals surface area contributed by atoms with Gasteiger partial charge in [-0.25, -0.2) is 4.79 Å². The summed E-state index contributed by atoms with van der Waals surface area (Å²) in [5, 5.41) is 5.61. The summed E-state index contributed by atoms with van der Waals surface area (Å²) in [4.78, 5) is 38.3. The van der Waals surface area contributed by atoms with Crippen molar-refractivity contribution < 1.29 is 19.1 Å². The molecule has 146 valence electrons. The molecule has 0 heterocycles. The predicted octanol–water partition coefficient (Wildman–Crippen LogP) is 2.75. The number of carbonyl (C=O) groups excluding carboxylic acids is 3. The maximum atomic E-state index is 12.4. The highest BCUT2D eigenvalue weighted by Gasteiger charge is 2.48. The van der Waals surface area contributed by atoms with Crippen LogP contribution in [0.2, 0.25) is 0 Å². The van der Waals surface area contributed by atoms with E-state index >= 15 is 0 Å². The van der Waals surface area contributed by atoms with Crippen molar-refractivity contribution in [2.45, 2.75) is 6.42 Å². The third-order valence-electron chi connectivity index (χ3n) is 4.67. The summed E-state index contributed by atoms with van der Waals surface area (Å²) >= 11 is 0. The van der Waals surface area contributed by atoms with Crippen molar-refractivity contribution in [2.75, 3.05) is 36.7 Å². The highest BCUT2D eigenvalue weighted by atomic mass is 16.5. The van der Waals surface area contributed by atoms with E-state index in [1.54, 1.807) is 24.3 Å². The Morgan fingerprint density at radius 3 is 2.11 bits per heavy atom. The standard InChI is InChI=1S/C21H23N3O4/c1-24(2)16-9-7-14(8-10-16)22-19(25)17-12-18(17)20(26)23-15-6-4-5-13(11-15)21(27)28-3/h4-11,17-18H,12H2,1-3H3,(H,22,25)(H,23,26). The van der Waals surface area contributed by atoms with Crippen molar-refractivity contribution in [1.82, 2.24) is 0 Å². The minimum atomic E-state index is -0.472. The largest absolute Gasteiger partial charge is 0.465 e. The molecule has 2 aromatic carbocycles. The van der Waals surface area contributed by atoms with Gasteiger partial charge in [0.15, 0.2) is 0 Å². The van der Waals surface area contributed by atoms with Gasteiger partial charge in [-0.15, -0.1) is 0 Å². The smallest absolute Gasteiger partial charge is 0.337 e. The molecule has 2 N–H and O–H groups in total. The van der Waals surface area contributed by atoms with Crippen molar-refractivity contribution in [3.8, 4) is 0 Å². The first kappa shape index (κ1) is 19.4. The summed E-state index contributed by atoms with van der Waals surface area (Å²) < 4.78 is 4.67. The molecule has 0 saturated heterocycles. The average molecular weight is 381 g/mol. The molecule has 0 spiro atoms. The second kappa shape index (κ2) is 8.12. The molecule has 1 saturated carbocycles. The van der Waals surface area contributed by atoms with Crippen molar-refractivity contribution in [2.24, 2.45) is 11.8 Å². The molecule has 0 aliphatic heterocycles. The topological polar surface area (TPSA) is 87.7 Å². The Kier molecular flexibility index (Phi) is 5.63. The maximum Gasteiger partial charge on any atom is 0.337 e. The van der Waals surface area contributed by atoms with E-state index in [1.165, 1.54) is 7.11 Å². The van der Waals surface area contributed by atoms with Gasteiger partial charge < -0.3 is 20.3 Å². The minimum absolute atomic E-state index is 0.166. The van der Waals surface area contributed by atoms with E-state index in [0.29, 0.717) is 23.4 Å². The molecule has 2 atom stereocenters. The molecular weight excluding hydrogens is 358 g/mol. The van der Waals surface area contributed by atoms with Gasteiger partial charge in [-0.3, -0.25) is 9.59 Å². The molecule has 28 heavy (non-hydrogen) atoms. The van der Waals surface area contributed by atoms with Crippen LogP contribution in [0.1, 0.15) is 16.8 Å². The average Bonchev–Trinajstić information content (AvgIpc) is 3.49. The second-order valence-electron chi connectivity index (χ2n) is 6.94. The zero-order valence-electron chi connectivity index (χ0n) is 16.1. The molecular formula is C21H23N3O4. The highest BCUT2D eigenvalue weighted by Crippen LogP contribution is 2.40. The zero-order chi connectivity index (χ0) is 20.3. The normalized spacial score (nSPS) is 17.4. The molecule has 0 aromatic heterocycles. The van der Waals surface area contributed by atoms with Crippen molar-refractivity contribution >= 4 is 34.8 Å². The number of ether oxygens (including phenoxy) is 1. The lowest BCUT2D eigenvalue weighted by atomic mass is 10.2. The van der Waals surface area contributed by atoms with Crippen LogP contribution < -0.4 is 15.5 Å². The van der Waals surface area contributed by atoms with Gasteiger partial charge in [-0.05, 0) is 48.9 Å². The Labute approximate surface area is 163 Å². The molecule has 0 bridgehead atoms. The highest BCUT2D eigenvalue weighted by molar-refractivity contribution is 6.03. The number of methoxy groups -OCH3 is 1. The summed E-state index contributed by atoms with van der Waals surface area (Å²) in [6.45, 7) is 0. The fourth-order valence-corrected chi connectivity index (χ4v) is 2.93. The van der Waals surface area contributed by atoms with Gasteiger partial charge in [0.1, 0.15) is 0 Å². The fourth-order valence-electron chi connectivity index (χ4n) is 2.93. The number of benzene rings is 2. The third kappa shape index (κ3) is 4.49. The van der Waals surface area contributed by atoms with Crippen LogP contribution in [0.3, 0.4) is 0 Å². The number of esters is 1. The van der Waals surface area contributed by atoms with Crippen LogP contribution in [-0.4, -0.2) is 39.0 Å². The Morgan fingerprint density at radius 1 is 0.929 bits per heavy atom. The van der Waals surface area contributed by atoms with Gasteiger partial charge in [-0.1, -0.05) is 6.07 Å². The van der Waals surface area contributed by atoms with Crippen LogP contribution in [0.4, 0.5) is 17.1 Å². The van der Waals surface area contributed by atoms with E-state index in [9.17, 15) is 14.4 Å². The Bertz CT molecular complexity index is 893. The maximum absolute atomic E-state index is 12.4. The van der Waals surface area contributed by atoms with Crippen molar-refractivity contribution in [1.29, 1.82) is 0 Å². The van der Waals surface area contributed by atoms with Gasteiger partial charge in [0.05, 0.1) is 24.5 Å². The van der Waals surface area contributed by atoms with Gasteiger partial charge in [0.25, 0.3) is 0 Å². The number of carbonyl (C=O) groups is 3. The van der Waals surface area contributed by atoms with Crippen molar-refractivity contribution in [3.05, 3.63) is 54.1 Å². The van der Waals surface area contributed by atoms with Crippen LogP contribution in [0.5, 0.6) is 0 Å². The van der Waals surface area contributed by atoms with E-state index in [2.05, 4.69) is 15.4 Å². The van der Waals surface area contributed by atoms with Crippen LogP contribution in [-0.2, 0) is 14.3 Å². The number of nitrogens with one attached hydrogen (secondary N) is 2. The Hall–Kier alpha value is -3.35. The van der Waals surface area contributed by atoms with Crippen LogP contribution in [0, 0.1) is 11.8 Å². The molecule has 2 unspecified atom stereocenters. The van der Waals surface area contributed by atoms with Crippen LogP contribution >= 0.6 is 0 Å². The minimum Gasteiger partial charge on any atom is -0.465 e. The van der Waals surface area contributed by atoms with E-state index in [-0.39, 0.29) is 23.7 Å². The van der Waals surface area contributed by atoms with Gasteiger partial charge >= 0.3 is 5.97 Å². The monoisotopic (exact) mass is 381 g/mol. The molecule has 7 nitrogen and oxygen atoms in total. The van der Waals surface area contributed by atoms with Crippen molar-refractivity contribution in [3.63, 3.8) is 0 Å². The van der Waals surface area contributed by atoms with Gasteiger partial charge in [0, 0.05) is 31.2 Å². The van der Waals surface area contributed by atoms with Gasteiger partial charge in [0.2, 0.25) is 11.8 Å². The van der Waals surface area contributed by atoms with Crippen LogP contribution in [0.15, 0.2) is 48.5 Å². The third-order valence-corrected chi connectivity index (χ3v) is 4.67. The first-order chi connectivity index (χ1) is 13.4. The van der Waals surface area contributed by atoms with E-state index < -0.39 is 5.97 Å². The summed E-state index contributed by atoms with van der Waals surface area (Å²) in [5.41, 5.74) is 2.59. The molecule has 3 rings (SSSR count). The molecule has 1 aliphatic carbocycles. The summed E-state index contributed by atoms with van der Waals surface area (Å²) in [7, 11) is 5.19. The van der Waals surface area contributed by atoms with E-state index in [4.69, 9.17) is 0 Å². The van der Waals surface area contributed by atoms with E-state index in [1.807, 2.05) is 43.3 Å².